The highest BCUT2D eigenvalue weighted by Gasteiger charge is 2.16. The predicted molar refractivity (Wildman–Crippen MR) is 102 cm³/mol. The molecule has 1 N–H and O–H groups in total. The molecule has 4 aromatic rings. The maximum atomic E-state index is 12.5. The van der Waals surface area contributed by atoms with Gasteiger partial charge in [-0.05, 0) is 38.1 Å². The molecule has 0 fully saturated rings. The van der Waals surface area contributed by atoms with Crippen molar-refractivity contribution in [2.45, 2.75) is 27.2 Å². The number of hydrogen-bond acceptors (Lipinski definition) is 5. The van der Waals surface area contributed by atoms with Crippen molar-refractivity contribution in [3.63, 3.8) is 0 Å². The van der Waals surface area contributed by atoms with Gasteiger partial charge in [-0.25, -0.2) is 9.97 Å². The molecule has 0 atom stereocenters. The van der Waals surface area contributed by atoms with Gasteiger partial charge in [0, 0.05) is 12.5 Å². The van der Waals surface area contributed by atoms with Crippen LogP contribution in [0.25, 0.3) is 22.6 Å². The Bertz CT molecular complexity index is 1120. The third-order valence-corrected chi connectivity index (χ3v) is 4.32. The first-order valence-electron chi connectivity index (χ1n) is 8.69. The molecule has 0 bridgehead atoms. The Labute approximate surface area is 156 Å². The molecule has 6 nitrogen and oxygen atoms in total. The lowest BCUT2D eigenvalue weighted by atomic mass is 10.1. The summed E-state index contributed by atoms with van der Waals surface area (Å²) in [5.74, 6) is 1.52. The van der Waals surface area contributed by atoms with Gasteiger partial charge >= 0.3 is 0 Å². The maximum Gasteiger partial charge on any atom is 0.230 e. The molecule has 0 aliphatic heterocycles. The Morgan fingerprint density at radius 3 is 2.56 bits per heavy atom. The summed E-state index contributed by atoms with van der Waals surface area (Å²) in [4.78, 5) is 21.3. The number of anilines is 1. The molecule has 0 aliphatic carbocycles. The minimum absolute atomic E-state index is 0.116. The average molecular weight is 361 g/mol. The van der Waals surface area contributed by atoms with E-state index in [4.69, 9.17) is 8.83 Å². The van der Waals surface area contributed by atoms with Crippen molar-refractivity contribution in [2.24, 2.45) is 0 Å². The van der Waals surface area contributed by atoms with E-state index < -0.39 is 0 Å². The van der Waals surface area contributed by atoms with Crippen molar-refractivity contribution < 1.29 is 13.6 Å². The van der Waals surface area contributed by atoms with Gasteiger partial charge in [-0.15, -0.1) is 0 Å². The standard InChI is InChI=1S/C21H19N3O3/c1-12-7-9-15(10-8-12)21-24-18(13(2)26-21)11-19(25)23-17-6-4-5-16-20(17)27-14(3)22-16/h4-10H,11H2,1-3H3,(H,23,25). The second kappa shape index (κ2) is 6.72. The van der Waals surface area contributed by atoms with E-state index in [9.17, 15) is 4.79 Å². The fourth-order valence-corrected chi connectivity index (χ4v) is 2.92. The molecule has 27 heavy (non-hydrogen) atoms. The number of carbonyl (C=O) groups is 1. The summed E-state index contributed by atoms with van der Waals surface area (Å²) in [6.07, 6.45) is 0.116. The number of para-hydroxylation sites is 1. The molecule has 0 radical (unpaired) electrons. The Morgan fingerprint density at radius 2 is 1.78 bits per heavy atom. The van der Waals surface area contributed by atoms with Gasteiger partial charge in [0.25, 0.3) is 0 Å². The number of hydrogen-bond donors (Lipinski definition) is 1. The van der Waals surface area contributed by atoms with Gasteiger partial charge in [0.05, 0.1) is 17.8 Å². The van der Waals surface area contributed by atoms with Crippen molar-refractivity contribution in [3.8, 4) is 11.5 Å². The monoisotopic (exact) mass is 361 g/mol. The average Bonchev–Trinajstić information content (AvgIpc) is 3.18. The van der Waals surface area contributed by atoms with Crippen LogP contribution >= 0.6 is 0 Å². The number of aryl methyl sites for hydroxylation is 3. The topological polar surface area (TPSA) is 81.2 Å². The van der Waals surface area contributed by atoms with E-state index >= 15 is 0 Å². The van der Waals surface area contributed by atoms with Gasteiger partial charge in [-0.3, -0.25) is 4.79 Å². The van der Waals surface area contributed by atoms with Gasteiger partial charge in [0.1, 0.15) is 11.3 Å². The second-order valence-electron chi connectivity index (χ2n) is 6.50. The van der Waals surface area contributed by atoms with Crippen LogP contribution in [0.1, 0.15) is 22.9 Å². The smallest absolute Gasteiger partial charge is 0.230 e. The van der Waals surface area contributed by atoms with Gasteiger partial charge in [0.2, 0.25) is 11.8 Å². The lowest BCUT2D eigenvalue weighted by molar-refractivity contribution is -0.115. The van der Waals surface area contributed by atoms with E-state index in [1.54, 1.807) is 13.0 Å². The quantitative estimate of drug-likeness (QED) is 0.575. The van der Waals surface area contributed by atoms with Crippen molar-refractivity contribution in [1.29, 1.82) is 0 Å². The molecular formula is C21H19N3O3. The maximum absolute atomic E-state index is 12.5. The number of amides is 1. The summed E-state index contributed by atoms with van der Waals surface area (Å²) in [5.41, 5.74) is 4.54. The number of nitrogens with one attached hydrogen (secondary N) is 1. The number of rotatable bonds is 4. The SMILES string of the molecule is Cc1ccc(-c2nc(CC(=O)Nc3cccc4nc(C)oc34)c(C)o2)cc1. The van der Waals surface area contributed by atoms with Crippen LogP contribution in [0, 0.1) is 20.8 Å². The highest BCUT2D eigenvalue weighted by atomic mass is 16.4. The van der Waals surface area contributed by atoms with E-state index in [2.05, 4.69) is 15.3 Å². The van der Waals surface area contributed by atoms with E-state index in [1.165, 1.54) is 5.56 Å². The first-order valence-corrected chi connectivity index (χ1v) is 8.69. The zero-order valence-electron chi connectivity index (χ0n) is 15.4. The fraction of sp³-hybridized carbons (Fsp3) is 0.190. The molecule has 4 rings (SSSR count). The lowest BCUT2D eigenvalue weighted by Gasteiger charge is -2.04. The van der Waals surface area contributed by atoms with Crippen molar-refractivity contribution in [2.75, 3.05) is 5.32 Å². The Morgan fingerprint density at radius 1 is 1.00 bits per heavy atom. The predicted octanol–water partition coefficient (Wildman–Crippen LogP) is 4.59. The molecule has 0 saturated carbocycles. The molecule has 0 saturated heterocycles. The first-order chi connectivity index (χ1) is 13.0. The third kappa shape index (κ3) is 3.46. The normalized spacial score (nSPS) is 11.1. The summed E-state index contributed by atoms with van der Waals surface area (Å²) >= 11 is 0. The Balaban J connectivity index is 1.53. The summed E-state index contributed by atoms with van der Waals surface area (Å²) in [6.45, 7) is 5.61. The van der Waals surface area contributed by atoms with Crippen molar-refractivity contribution in [1.82, 2.24) is 9.97 Å². The van der Waals surface area contributed by atoms with Crippen LogP contribution in [0.5, 0.6) is 0 Å². The summed E-state index contributed by atoms with van der Waals surface area (Å²) < 4.78 is 11.3. The largest absolute Gasteiger partial charge is 0.441 e. The van der Waals surface area contributed by atoms with E-state index in [0.717, 1.165) is 5.56 Å². The molecule has 2 aromatic carbocycles. The summed E-state index contributed by atoms with van der Waals surface area (Å²) in [7, 11) is 0. The Kier molecular flexibility index (Phi) is 4.24. The molecule has 0 aliphatic rings. The zero-order chi connectivity index (χ0) is 19.0. The number of carbonyl (C=O) groups excluding carboxylic acids is 1. The van der Waals surface area contributed by atoms with Gasteiger partial charge in [-0.2, -0.15) is 0 Å². The molecule has 1 amide bonds. The van der Waals surface area contributed by atoms with Crippen LogP contribution in [0.2, 0.25) is 0 Å². The first kappa shape index (κ1) is 17.0. The van der Waals surface area contributed by atoms with E-state index in [0.29, 0.717) is 40.0 Å². The molecule has 2 heterocycles. The summed E-state index contributed by atoms with van der Waals surface area (Å²) in [6, 6.07) is 13.4. The van der Waals surface area contributed by atoms with Gasteiger partial charge in [0.15, 0.2) is 11.5 Å². The highest BCUT2D eigenvalue weighted by molar-refractivity contribution is 5.99. The van der Waals surface area contributed by atoms with Crippen LogP contribution in [-0.4, -0.2) is 15.9 Å². The number of oxazole rings is 2. The van der Waals surface area contributed by atoms with Gasteiger partial charge in [-0.1, -0.05) is 23.8 Å². The zero-order valence-corrected chi connectivity index (χ0v) is 15.4. The third-order valence-electron chi connectivity index (χ3n) is 4.32. The minimum Gasteiger partial charge on any atom is -0.441 e. The number of nitrogens with zero attached hydrogens (tertiary/aromatic N) is 2. The van der Waals surface area contributed by atoms with Crippen LogP contribution in [0.15, 0.2) is 51.3 Å². The molecular weight excluding hydrogens is 342 g/mol. The van der Waals surface area contributed by atoms with Gasteiger partial charge < -0.3 is 14.2 Å². The van der Waals surface area contributed by atoms with Crippen molar-refractivity contribution in [3.05, 3.63) is 65.4 Å². The molecule has 136 valence electrons. The highest BCUT2D eigenvalue weighted by Crippen LogP contribution is 2.25. The van der Waals surface area contributed by atoms with Crippen LogP contribution in [0.4, 0.5) is 5.69 Å². The van der Waals surface area contributed by atoms with Crippen LogP contribution in [-0.2, 0) is 11.2 Å². The number of aromatic nitrogens is 2. The Hall–Kier alpha value is -3.41. The second-order valence-corrected chi connectivity index (χ2v) is 6.50. The number of benzene rings is 2. The fourth-order valence-electron chi connectivity index (χ4n) is 2.92. The summed E-state index contributed by atoms with van der Waals surface area (Å²) in [5, 5.41) is 2.88. The van der Waals surface area contributed by atoms with Crippen molar-refractivity contribution >= 4 is 22.7 Å². The number of fused-ring (bicyclic) bond motifs is 1. The molecule has 2 aromatic heterocycles. The molecule has 0 unspecified atom stereocenters. The van der Waals surface area contributed by atoms with Crippen LogP contribution in [0.3, 0.4) is 0 Å². The van der Waals surface area contributed by atoms with Crippen LogP contribution < -0.4 is 5.32 Å². The lowest BCUT2D eigenvalue weighted by Crippen LogP contribution is -2.15. The molecule has 6 heteroatoms. The molecule has 0 spiro atoms. The van der Waals surface area contributed by atoms with E-state index in [-0.39, 0.29) is 12.3 Å². The van der Waals surface area contributed by atoms with E-state index in [1.807, 2.05) is 50.2 Å². The minimum atomic E-state index is -0.191.